The summed E-state index contributed by atoms with van der Waals surface area (Å²) in [6.07, 6.45) is 5.77. The fourth-order valence-electron chi connectivity index (χ4n) is 1.72. The van der Waals surface area contributed by atoms with Crippen LogP contribution in [0.15, 0.2) is 36.7 Å². The highest BCUT2D eigenvalue weighted by atomic mass is 16.1. The third-order valence-corrected chi connectivity index (χ3v) is 2.82. The van der Waals surface area contributed by atoms with Crippen LogP contribution in [-0.2, 0) is 0 Å². The largest absolute Gasteiger partial charge is 0.349 e. The van der Waals surface area contributed by atoms with Crippen molar-refractivity contribution in [2.75, 3.05) is 0 Å². The average molecular weight is 212 g/mol. The maximum Gasteiger partial charge on any atom is 0.251 e. The van der Waals surface area contributed by atoms with Crippen molar-refractivity contribution in [2.24, 2.45) is 0 Å². The molecule has 0 aliphatic heterocycles. The van der Waals surface area contributed by atoms with Crippen LogP contribution < -0.4 is 5.32 Å². The minimum atomic E-state index is 0.0289. The van der Waals surface area contributed by atoms with Gasteiger partial charge in [0.05, 0.1) is 0 Å². The van der Waals surface area contributed by atoms with Crippen molar-refractivity contribution >= 4 is 16.7 Å². The Balaban J connectivity index is 1.94. The molecule has 80 valence electrons. The highest BCUT2D eigenvalue weighted by Crippen LogP contribution is 2.20. The lowest BCUT2D eigenvalue weighted by atomic mass is 10.1. The summed E-state index contributed by atoms with van der Waals surface area (Å²) in [5.41, 5.74) is 0.727. The van der Waals surface area contributed by atoms with Gasteiger partial charge in [-0.2, -0.15) is 0 Å². The Morgan fingerprint density at radius 2 is 2.12 bits per heavy atom. The Bertz CT molecular complexity index is 546. The molecule has 1 fully saturated rings. The van der Waals surface area contributed by atoms with E-state index in [2.05, 4.69) is 10.3 Å². The molecule has 3 nitrogen and oxygen atoms in total. The van der Waals surface area contributed by atoms with Crippen LogP contribution in [0.25, 0.3) is 10.8 Å². The molecule has 3 rings (SSSR count). The first-order chi connectivity index (χ1) is 7.83. The molecule has 0 bridgehead atoms. The number of carbonyl (C=O) groups excluding carboxylic acids is 1. The number of nitrogens with one attached hydrogen (secondary N) is 1. The van der Waals surface area contributed by atoms with Crippen molar-refractivity contribution in [1.82, 2.24) is 10.3 Å². The SMILES string of the molecule is O=C(NC1CC1)c1ccc2cnccc2c1. The summed E-state index contributed by atoms with van der Waals surface area (Å²) in [5, 5.41) is 5.10. The minimum Gasteiger partial charge on any atom is -0.349 e. The predicted molar refractivity (Wildman–Crippen MR) is 62.2 cm³/mol. The number of aromatic nitrogens is 1. The van der Waals surface area contributed by atoms with E-state index in [-0.39, 0.29) is 5.91 Å². The van der Waals surface area contributed by atoms with E-state index in [0.29, 0.717) is 6.04 Å². The topological polar surface area (TPSA) is 42.0 Å². The van der Waals surface area contributed by atoms with Crippen LogP contribution in [0, 0.1) is 0 Å². The summed E-state index contributed by atoms with van der Waals surface area (Å²) in [4.78, 5) is 15.9. The Kier molecular flexibility index (Phi) is 2.10. The molecule has 1 aromatic carbocycles. The Morgan fingerprint density at radius 3 is 2.94 bits per heavy atom. The molecule has 0 unspecified atom stereocenters. The number of amides is 1. The van der Waals surface area contributed by atoms with E-state index < -0.39 is 0 Å². The molecule has 16 heavy (non-hydrogen) atoms. The summed E-state index contributed by atoms with van der Waals surface area (Å²) in [6, 6.07) is 8.02. The number of hydrogen-bond donors (Lipinski definition) is 1. The quantitative estimate of drug-likeness (QED) is 0.828. The minimum absolute atomic E-state index is 0.0289. The zero-order valence-corrected chi connectivity index (χ0v) is 8.81. The summed E-state index contributed by atoms with van der Waals surface area (Å²) in [6.45, 7) is 0. The molecule has 1 heterocycles. The lowest BCUT2D eigenvalue weighted by Gasteiger charge is -2.04. The van der Waals surface area contributed by atoms with Gasteiger partial charge in [-0.15, -0.1) is 0 Å². The zero-order valence-electron chi connectivity index (χ0n) is 8.81. The average Bonchev–Trinajstić information content (AvgIpc) is 3.12. The number of benzene rings is 1. The third-order valence-electron chi connectivity index (χ3n) is 2.82. The first-order valence-corrected chi connectivity index (χ1v) is 5.47. The fraction of sp³-hybridized carbons (Fsp3) is 0.231. The maximum atomic E-state index is 11.8. The number of nitrogens with zero attached hydrogens (tertiary/aromatic N) is 1. The highest BCUT2D eigenvalue weighted by molar-refractivity contribution is 5.98. The highest BCUT2D eigenvalue weighted by Gasteiger charge is 2.23. The van der Waals surface area contributed by atoms with Gasteiger partial charge in [0.1, 0.15) is 0 Å². The molecule has 0 radical (unpaired) electrons. The summed E-state index contributed by atoms with van der Waals surface area (Å²) in [5.74, 6) is 0.0289. The lowest BCUT2D eigenvalue weighted by molar-refractivity contribution is 0.0951. The van der Waals surface area contributed by atoms with Gasteiger partial charge in [-0.1, -0.05) is 6.07 Å². The Hall–Kier alpha value is -1.90. The fourth-order valence-corrected chi connectivity index (χ4v) is 1.72. The number of hydrogen-bond acceptors (Lipinski definition) is 2. The molecule has 0 saturated heterocycles. The molecule has 1 saturated carbocycles. The van der Waals surface area contributed by atoms with Gasteiger partial charge >= 0.3 is 0 Å². The molecule has 1 aliphatic rings. The smallest absolute Gasteiger partial charge is 0.251 e. The van der Waals surface area contributed by atoms with Gasteiger partial charge in [0, 0.05) is 29.4 Å². The Labute approximate surface area is 93.5 Å². The van der Waals surface area contributed by atoms with Gasteiger partial charge in [-0.25, -0.2) is 0 Å². The van der Waals surface area contributed by atoms with E-state index in [1.54, 1.807) is 12.4 Å². The van der Waals surface area contributed by atoms with Crippen LogP contribution in [0.4, 0.5) is 0 Å². The van der Waals surface area contributed by atoms with Gasteiger partial charge in [-0.3, -0.25) is 9.78 Å². The van der Waals surface area contributed by atoms with Crippen LogP contribution in [0.5, 0.6) is 0 Å². The van der Waals surface area contributed by atoms with Gasteiger partial charge < -0.3 is 5.32 Å². The second kappa shape index (κ2) is 3.59. The van der Waals surface area contributed by atoms with Crippen LogP contribution in [0.3, 0.4) is 0 Å². The van der Waals surface area contributed by atoms with Crippen molar-refractivity contribution in [2.45, 2.75) is 18.9 Å². The molecule has 1 amide bonds. The van der Waals surface area contributed by atoms with Crippen molar-refractivity contribution in [3.63, 3.8) is 0 Å². The van der Waals surface area contributed by atoms with Gasteiger partial charge in [0.25, 0.3) is 5.91 Å². The molecule has 1 aromatic heterocycles. The van der Waals surface area contributed by atoms with E-state index in [1.807, 2.05) is 24.3 Å². The van der Waals surface area contributed by atoms with Crippen molar-refractivity contribution in [3.05, 3.63) is 42.2 Å². The number of rotatable bonds is 2. The number of pyridine rings is 1. The summed E-state index contributed by atoms with van der Waals surface area (Å²) in [7, 11) is 0. The number of carbonyl (C=O) groups is 1. The van der Waals surface area contributed by atoms with E-state index in [4.69, 9.17) is 0 Å². The zero-order chi connectivity index (χ0) is 11.0. The maximum absolute atomic E-state index is 11.8. The molecule has 2 aromatic rings. The van der Waals surface area contributed by atoms with Gasteiger partial charge in [0.2, 0.25) is 0 Å². The first kappa shape index (κ1) is 9.33. The molecule has 0 atom stereocenters. The molecule has 1 aliphatic carbocycles. The number of fused-ring (bicyclic) bond motifs is 1. The van der Waals surface area contributed by atoms with Gasteiger partial charge in [-0.05, 0) is 36.4 Å². The first-order valence-electron chi connectivity index (χ1n) is 5.47. The molecular weight excluding hydrogens is 200 g/mol. The standard InChI is InChI=1S/C13H12N2O/c16-13(15-12-3-4-12)10-1-2-11-8-14-6-5-9(11)7-10/h1-2,5-8,12H,3-4H2,(H,15,16). The van der Waals surface area contributed by atoms with Crippen LogP contribution in [0.1, 0.15) is 23.2 Å². The van der Waals surface area contributed by atoms with E-state index >= 15 is 0 Å². The summed E-state index contributed by atoms with van der Waals surface area (Å²) >= 11 is 0. The molecule has 3 heteroatoms. The third kappa shape index (κ3) is 1.76. The van der Waals surface area contributed by atoms with Crippen LogP contribution in [-0.4, -0.2) is 16.9 Å². The predicted octanol–water partition coefficient (Wildman–Crippen LogP) is 2.13. The van der Waals surface area contributed by atoms with E-state index in [9.17, 15) is 4.79 Å². The van der Waals surface area contributed by atoms with Crippen molar-refractivity contribution in [1.29, 1.82) is 0 Å². The second-order valence-corrected chi connectivity index (χ2v) is 4.19. The second-order valence-electron chi connectivity index (χ2n) is 4.19. The van der Waals surface area contributed by atoms with E-state index in [1.165, 1.54) is 0 Å². The lowest BCUT2D eigenvalue weighted by Crippen LogP contribution is -2.25. The van der Waals surface area contributed by atoms with Crippen LogP contribution in [0.2, 0.25) is 0 Å². The van der Waals surface area contributed by atoms with Gasteiger partial charge in [0.15, 0.2) is 0 Å². The summed E-state index contributed by atoms with van der Waals surface area (Å²) < 4.78 is 0. The molecule has 0 spiro atoms. The monoisotopic (exact) mass is 212 g/mol. The molecular formula is C13H12N2O. The van der Waals surface area contributed by atoms with Crippen molar-refractivity contribution < 1.29 is 4.79 Å². The normalized spacial score (nSPS) is 15.0. The Morgan fingerprint density at radius 1 is 1.25 bits per heavy atom. The van der Waals surface area contributed by atoms with E-state index in [0.717, 1.165) is 29.2 Å². The van der Waals surface area contributed by atoms with Crippen molar-refractivity contribution in [3.8, 4) is 0 Å². The van der Waals surface area contributed by atoms with Crippen LogP contribution >= 0.6 is 0 Å². The molecule has 1 N–H and O–H groups in total.